The number of nitrogens with zero attached hydrogens (tertiary/aromatic N) is 3. The predicted molar refractivity (Wildman–Crippen MR) is 95.9 cm³/mol. The van der Waals surface area contributed by atoms with Crippen molar-refractivity contribution < 1.29 is 27.4 Å². The molecule has 148 valence electrons. The van der Waals surface area contributed by atoms with Gasteiger partial charge in [0.05, 0.1) is 12.2 Å². The molecule has 0 bridgehead atoms. The van der Waals surface area contributed by atoms with E-state index in [1.165, 1.54) is 17.4 Å². The van der Waals surface area contributed by atoms with Crippen molar-refractivity contribution in [2.75, 3.05) is 6.61 Å². The van der Waals surface area contributed by atoms with E-state index in [9.17, 15) is 13.2 Å². The van der Waals surface area contributed by atoms with Crippen molar-refractivity contribution in [3.8, 4) is 22.6 Å². The number of pyridine rings is 1. The van der Waals surface area contributed by atoms with Gasteiger partial charge in [0.15, 0.2) is 5.01 Å². The second kappa shape index (κ2) is 8.42. The summed E-state index contributed by atoms with van der Waals surface area (Å²) in [6.07, 6.45) is -4.03. The van der Waals surface area contributed by atoms with Crippen LogP contribution < -0.4 is 14.2 Å². The predicted octanol–water partition coefficient (Wildman–Crippen LogP) is 5.28. The zero-order valence-corrected chi connectivity index (χ0v) is 15.8. The van der Waals surface area contributed by atoms with E-state index in [4.69, 9.17) is 14.2 Å². The summed E-state index contributed by atoms with van der Waals surface area (Å²) in [5.74, 6) is 1.06. The highest BCUT2D eigenvalue weighted by molar-refractivity contribution is 7.13. The molecule has 0 aliphatic rings. The van der Waals surface area contributed by atoms with Gasteiger partial charge in [0.2, 0.25) is 5.88 Å². The van der Waals surface area contributed by atoms with Gasteiger partial charge in [-0.3, -0.25) is 0 Å². The van der Waals surface area contributed by atoms with Gasteiger partial charge < -0.3 is 14.2 Å². The highest BCUT2D eigenvalue weighted by Gasteiger charge is 2.30. The SMILES string of the molecule is CCOc1nnc(C(C)Oc2ccc(Oc3ccc(C(F)(F)F)cn3)cc2)s1. The molecule has 0 saturated heterocycles. The third-order valence-electron chi connectivity index (χ3n) is 3.46. The lowest BCUT2D eigenvalue weighted by atomic mass is 10.3. The van der Waals surface area contributed by atoms with Crippen LogP contribution in [0.2, 0.25) is 0 Å². The summed E-state index contributed by atoms with van der Waals surface area (Å²) in [6, 6.07) is 8.71. The molecule has 0 aliphatic heterocycles. The minimum Gasteiger partial charge on any atom is -0.483 e. The summed E-state index contributed by atoms with van der Waals surface area (Å²) >= 11 is 1.31. The number of alkyl halides is 3. The zero-order valence-electron chi connectivity index (χ0n) is 14.9. The van der Waals surface area contributed by atoms with Crippen LogP contribution in [0.4, 0.5) is 13.2 Å². The van der Waals surface area contributed by atoms with E-state index in [0.29, 0.717) is 28.3 Å². The Morgan fingerprint density at radius 2 is 1.75 bits per heavy atom. The molecular weight excluding hydrogens is 395 g/mol. The number of hydrogen-bond acceptors (Lipinski definition) is 7. The minimum atomic E-state index is -4.43. The topological polar surface area (TPSA) is 66.4 Å². The number of rotatable bonds is 7. The Kier molecular flexibility index (Phi) is 5.98. The fourth-order valence-electron chi connectivity index (χ4n) is 2.14. The fourth-order valence-corrected chi connectivity index (χ4v) is 2.87. The van der Waals surface area contributed by atoms with E-state index in [1.807, 2.05) is 13.8 Å². The lowest BCUT2D eigenvalue weighted by Gasteiger charge is -2.12. The van der Waals surface area contributed by atoms with E-state index in [1.54, 1.807) is 24.3 Å². The largest absolute Gasteiger partial charge is 0.483 e. The Hall–Kier alpha value is -2.88. The van der Waals surface area contributed by atoms with Crippen molar-refractivity contribution >= 4 is 11.3 Å². The van der Waals surface area contributed by atoms with Gasteiger partial charge in [-0.15, -0.1) is 5.10 Å². The van der Waals surface area contributed by atoms with Crippen molar-refractivity contribution in [2.24, 2.45) is 0 Å². The smallest absolute Gasteiger partial charge is 0.417 e. The van der Waals surface area contributed by atoms with Crippen LogP contribution in [-0.4, -0.2) is 21.8 Å². The highest BCUT2D eigenvalue weighted by atomic mass is 32.1. The first kappa shape index (κ1) is 19.9. The lowest BCUT2D eigenvalue weighted by Crippen LogP contribution is -2.05. The number of hydrogen-bond donors (Lipinski definition) is 0. The van der Waals surface area contributed by atoms with Crippen LogP contribution in [0.15, 0.2) is 42.6 Å². The number of ether oxygens (including phenoxy) is 3. The van der Waals surface area contributed by atoms with Gasteiger partial charge in [-0.25, -0.2) is 4.98 Å². The third-order valence-corrected chi connectivity index (χ3v) is 4.46. The van der Waals surface area contributed by atoms with Crippen molar-refractivity contribution in [1.82, 2.24) is 15.2 Å². The van der Waals surface area contributed by atoms with Gasteiger partial charge in [0, 0.05) is 12.3 Å². The average Bonchev–Trinajstić information content (AvgIpc) is 3.12. The Morgan fingerprint density at radius 3 is 2.36 bits per heavy atom. The van der Waals surface area contributed by atoms with Gasteiger partial charge >= 0.3 is 6.18 Å². The summed E-state index contributed by atoms with van der Waals surface area (Å²) < 4.78 is 54.2. The maximum atomic E-state index is 12.5. The molecular formula is C18H16F3N3O3S. The first-order valence-corrected chi connectivity index (χ1v) is 9.11. The van der Waals surface area contributed by atoms with Crippen molar-refractivity contribution in [1.29, 1.82) is 0 Å². The second-order valence-electron chi connectivity index (χ2n) is 5.56. The summed E-state index contributed by atoms with van der Waals surface area (Å²) in [5.41, 5.74) is -0.832. The lowest BCUT2D eigenvalue weighted by molar-refractivity contribution is -0.137. The first-order valence-electron chi connectivity index (χ1n) is 8.29. The van der Waals surface area contributed by atoms with Gasteiger partial charge in [-0.2, -0.15) is 13.2 Å². The summed E-state index contributed by atoms with van der Waals surface area (Å²) in [7, 11) is 0. The van der Waals surface area contributed by atoms with Crippen LogP contribution in [0.3, 0.4) is 0 Å². The van der Waals surface area contributed by atoms with Crippen molar-refractivity contribution in [3.05, 3.63) is 53.2 Å². The fraction of sp³-hybridized carbons (Fsp3) is 0.278. The van der Waals surface area contributed by atoms with E-state index in [0.717, 1.165) is 12.3 Å². The van der Waals surface area contributed by atoms with E-state index < -0.39 is 11.7 Å². The first-order chi connectivity index (χ1) is 13.3. The maximum Gasteiger partial charge on any atom is 0.417 e. The molecule has 0 fully saturated rings. The van der Waals surface area contributed by atoms with Crippen molar-refractivity contribution in [2.45, 2.75) is 26.1 Å². The molecule has 0 saturated carbocycles. The summed E-state index contributed by atoms with van der Waals surface area (Å²) in [4.78, 5) is 3.67. The molecule has 1 aromatic carbocycles. The number of halogens is 3. The monoisotopic (exact) mass is 411 g/mol. The highest BCUT2D eigenvalue weighted by Crippen LogP contribution is 2.31. The van der Waals surface area contributed by atoms with Gasteiger partial charge in [-0.05, 0) is 44.2 Å². The third kappa shape index (κ3) is 5.10. The van der Waals surface area contributed by atoms with E-state index in [-0.39, 0.29) is 12.0 Å². The molecule has 0 aliphatic carbocycles. The van der Waals surface area contributed by atoms with Crippen LogP contribution in [0.25, 0.3) is 0 Å². The quantitative estimate of drug-likeness (QED) is 0.527. The van der Waals surface area contributed by atoms with E-state index >= 15 is 0 Å². The zero-order chi connectivity index (χ0) is 20.1. The number of aromatic nitrogens is 3. The van der Waals surface area contributed by atoms with Crippen LogP contribution in [-0.2, 0) is 6.18 Å². The van der Waals surface area contributed by atoms with Gasteiger partial charge in [-0.1, -0.05) is 16.4 Å². The molecule has 1 unspecified atom stereocenters. The molecule has 2 aromatic heterocycles. The molecule has 10 heteroatoms. The molecule has 0 N–H and O–H groups in total. The normalized spacial score (nSPS) is 12.5. The Labute approximate surface area is 162 Å². The van der Waals surface area contributed by atoms with Crippen LogP contribution in [0.5, 0.6) is 22.6 Å². The molecule has 0 spiro atoms. The van der Waals surface area contributed by atoms with Crippen LogP contribution in [0, 0.1) is 0 Å². The molecule has 0 radical (unpaired) electrons. The molecule has 1 atom stereocenters. The van der Waals surface area contributed by atoms with Gasteiger partial charge in [0.25, 0.3) is 5.19 Å². The number of benzene rings is 1. The second-order valence-corrected chi connectivity index (χ2v) is 6.53. The average molecular weight is 411 g/mol. The molecule has 3 rings (SSSR count). The summed E-state index contributed by atoms with van der Waals surface area (Å²) in [5, 5.41) is 9.12. The van der Waals surface area contributed by atoms with Crippen LogP contribution in [0.1, 0.15) is 30.5 Å². The van der Waals surface area contributed by atoms with E-state index in [2.05, 4.69) is 15.2 Å². The molecule has 2 heterocycles. The standard InChI is InChI=1S/C18H16F3N3O3S/c1-3-25-17-24-23-16(28-17)11(2)26-13-5-7-14(8-6-13)27-15-9-4-12(10-22-15)18(19,20)21/h4-11H,3H2,1-2H3. The van der Waals surface area contributed by atoms with Crippen LogP contribution >= 0.6 is 11.3 Å². The summed E-state index contributed by atoms with van der Waals surface area (Å²) in [6.45, 7) is 4.22. The van der Waals surface area contributed by atoms with Crippen molar-refractivity contribution in [3.63, 3.8) is 0 Å². The minimum absolute atomic E-state index is 0.0624. The Morgan fingerprint density at radius 1 is 1.04 bits per heavy atom. The Bertz CT molecular complexity index is 899. The molecule has 28 heavy (non-hydrogen) atoms. The molecule has 3 aromatic rings. The maximum absolute atomic E-state index is 12.5. The Balaban J connectivity index is 1.59. The molecule has 0 amide bonds. The molecule has 6 nitrogen and oxygen atoms in total. The van der Waals surface area contributed by atoms with Gasteiger partial charge in [0.1, 0.15) is 17.6 Å².